The van der Waals surface area contributed by atoms with Crippen LogP contribution in [0.3, 0.4) is 0 Å². The Labute approximate surface area is 147 Å². The summed E-state index contributed by atoms with van der Waals surface area (Å²) in [4.78, 5) is 26.6. The Morgan fingerprint density at radius 2 is 1.88 bits per heavy atom. The van der Waals surface area contributed by atoms with Gasteiger partial charge in [0, 0.05) is 39.6 Å². The van der Waals surface area contributed by atoms with Crippen LogP contribution in [0.25, 0.3) is 0 Å². The predicted molar refractivity (Wildman–Crippen MR) is 91.0 cm³/mol. The van der Waals surface area contributed by atoms with Gasteiger partial charge in [-0.05, 0) is 25.1 Å². The zero-order valence-corrected chi connectivity index (χ0v) is 15.1. The number of nitrogens with zero attached hydrogens (tertiary/aromatic N) is 3. The molecule has 1 fully saturated rings. The topological polar surface area (TPSA) is 87.2 Å². The molecule has 0 atom stereocenters. The van der Waals surface area contributed by atoms with Gasteiger partial charge in [-0.1, -0.05) is 0 Å². The molecule has 3 rings (SSSR count). The molecule has 1 aromatic carbocycles. The summed E-state index contributed by atoms with van der Waals surface area (Å²) in [5.41, 5.74) is 0.474. The highest BCUT2D eigenvalue weighted by atomic mass is 32.2. The van der Waals surface area contributed by atoms with Crippen molar-refractivity contribution in [3.8, 4) is 5.75 Å². The maximum Gasteiger partial charge on any atom is 0.265 e. The number of carbonyl (C=O) groups is 2. The number of benzene rings is 1. The van der Waals surface area contributed by atoms with Crippen LogP contribution < -0.4 is 9.64 Å². The third-order valence-corrected chi connectivity index (χ3v) is 6.41. The number of sulfonamides is 1. The standard InChI is InChI=1S/C16H21N3O5S/c1-3-19-14-10-13(4-5-15(14)24-11-16(19)21)25(22,23)18-8-6-17(7-9-18)12(2)20/h4-5,10H,3,6-9,11H2,1-2H3. The van der Waals surface area contributed by atoms with Crippen LogP contribution in [0, 0.1) is 0 Å². The average molecular weight is 367 g/mol. The van der Waals surface area contributed by atoms with E-state index >= 15 is 0 Å². The summed E-state index contributed by atoms with van der Waals surface area (Å²) in [6.07, 6.45) is 0. The van der Waals surface area contributed by atoms with Gasteiger partial charge in [0.25, 0.3) is 5.91 Å². The molecular weight excluding hydrogens is 346 g/mol. The number of piperazine rings is 1. The van der Waals surface area contributed by atoms with Gasteiger partial charge in [-0.3, -0.25) is 9.59 Å². The van der Waals surface area contributed by atoms with Crippen LogP contribution in [0.1, 0.15) is 13.8 Å². The SMILES string of the molecule is CCN1C(=O)COc2ccc(S(=O)(=O)N3CCN(C(C)=O)CC3)cc21. The van der Waals surface area contributed by atoms with Crippen LogP contribution in [0.2, 0.25) is 0 Å². The van der Waals surface area contributed by atoms with E-state index in [9.17, 15) is 18.0 Å². The summed E-state index contributed by atoms with van der Waals surface area (Å²) in [7, 11) is -3.69. The number of fused-ring (bicyclic) bond motifs is 1. The van der Waals surface area contributed by atoms with Gasteiger partial charge in [0.15, 0.2) is 6.61 Å². The Morgan fingerprint density at radius 1 is 1.20 bits per heavy atom. The van der Waals surface area contributed by atoms with Gasteiger partial charge in [0.05, 0.1) is 10.6 Å². The van der Waals surface area contributed by atoms with E-state index in [-0.39, 0.29) is 36.4 Å². The van der Waals surface area contributed by atoms with Crippen molar-refractivity contribution in [3.05, 3.63) is 18.2 Å². The fourth-order valence-corrected chi connectivity index (χ4v) is 4.52. The summed E-state index contributed by atoms with van der Waals surface area (Å²) >= 11 is 0. The molecule has 0 spiro atoms. The minimum Gasteiger partial charge on any atom is -0.482 e. The second kappa shape index (κ2) is 6.64. The molecule has 0 saturated carbocycles. The third-order valence-electron chi connectivity index (χ3n) is 4.51. The highest BCUT2D eigenvalue weighted by Gasteiger charge is 2.31. The largest absolute Gasteiger partial charge is 0.482 e. The first-order valence-corrected chi connectivity index (χ1v) is 9.61. The molecule has 1 saturated heterocycles. The summed E-state index contributed by atoms with van der Waals surface area (Å²) in [5.74, 6) is 0.251. The van der Waals surface area contributed by atoms with Crippen molar-refractivity contribution in [2.24, 2.45) is 0 Å². The minimum atomic E-state index is -3.69. The number of hydrogen-bond acceptors (Lipinski definition) is 5. The maximum absolute atomic E-state index is 12.9. The van der Waals surface area contributed by atoms with E-state index in [4.69, 9.17) is 4.74 Å². The Bertz CT molecular complexity index is 800. The molecule has 0 radical (unpaired) electrons. The van der Waals surface area contributed by atoms with Crippen LogP contribution >= 0.6 is 0 Å². The first kappa shape index (κ1) is 17.7. The molecule has 0 N–H and O–H groups in total. The molecule has 8 nitrogen and oxygen atoms in total. The van der Waals surface area contributed by atoms with Gasteiger partial charge < -0.3 is 14.5 Å². The second-order valence-corrected chi connectivity index (χ2v) is 7.90. The number of amides is 2. The van der Waals surface area contributed by atoms with Gasteiger partial charge in [-0.25, -0.2) is 8.42 Å². The zero-order chi connectivity index (χ0) is 18.2. The second-order valence-electron chi connectivity index (χ2n) is 5.97. The fourth-order valence-electron chi connectivity index (χ4n) is 3.08. The summed E-state index contributed by atoms with van der Waals surface area (Å²) in [6, 6.07) is 4.57. The molecule has 9 heteroatoms. The van der Waals surface area contributed by atoms with E-state index in [0.717, 1.165) is 0 Å². The van der Waals surface area contributed by atoms with Crippen molar-refractivity contribution in [1.82, 2.24) is 9.21 Å². The Hall–Kier alpha value is -2.13. The van der Waals surface area contributed by atoms with E-state index in [2.05, 4.69) is 0 Å². The summed E-state index contributed by atoms with van der Waals surface area (Å²) in [6.45, 7) is 4.97. The van der Waals surface area contributed by atoms with E-state index in [1.807, 2.05) is 6.92 Å². The lowest BCUT2D eigenvalue weighted by molar-refractivity contribution is -0.130. The maximum atomic E-state index is 12.9. The van der Waals surface area contributed by atoms with Crippen molar-refractivity contribution < 1.29 is 22.7 Å². The van der Waals surface area contributed by atoms with Crippen molar-refractivity contribution in [1.29, 1.82) is 0 Å². The number of carbonyl (C=O) groups excluding carboxylic acids is 2. The molecule has 0 unspecified atom stereocenters. The highest BCUT2D eigenvalue weighted by molar-refractivity contribution is 7.89. The molecule has 25 heavy (non-hydrogen) atoms. The Kier molecular flexibility index (Phi) is 4.70. The fraction of sp³-hybridized carbons (Fsp3) is 0.500. The molecule has 2 aliphatic heterocycles. The highest BCUT2D eigenvalue weighted by Crippen LogP contribution is 2.34. The molecule has 0 bridgehead atoms. The summed E-state index contributed by atoms with van der Waals surface area (Å²) in [5, 5.41) is 0. The number of hydrogen-bond donors (Lipinski definition) is 0. The number of ether oxygens (including phenoxy) is 1. The Balaban J connectivity index is 1.88. The smallest absolute Gasteiger partial charge is 0.265 e. The van der Waals surface area contributed by atoms with Crippen LogP contribution in [0.15, 0.2) is 23.1 Å². The molecule has 0 aromatic heterocycles. The van der Waals surface area contributed by atoms with Crippen molar-refractivity contribution in [2.75, 3.05) is 44.2 Å². The monoisotopic (exact) mass is 367 g/mol. The normalized spacial score (nSPS) is 18.7. The number of anilines is 1. The van der Waals surface area contributed by atoms with Crippen LogP contribution in [0.5, 0.6) is 5.75 Å². The average Bonchev–Trinajstić information content (AvgIpc) is 2.61. The molecule has 2 aliphatic rings. The van der Waals surface area contributed by atoms with Gasteiger partial charge in [-0.2, -0.15) is 4.31 Å². The predicted octanol–water partition coefficient (Wildman–Crippen LogP) is 0.285. The molecule has 136 valence electrons. The van der Waals surface area contributed by atoms with Crippen molar-refractivity contribution >= 4 is 27.5 Å². The van der Waals surface area contributed by atoms with Crippen LogP contribution in [-0.2, 0) is 19.6 Å². The Morgan fingerprint density at radius 3 is 2.48 bits per heavy atom. The zero-order valence-electron chi connectivity index (χ0n) is 14.3. The summed E-state index contributed by atoms with van der Waals surface area (Å²) < 4.78 is 32.6. The lowest BCUT2D eigenvalue weighted by Crippen LogP contribution is -2.50. The van der Waals surface area contributed by atoms with Gasteiger partial charge in [0.1, 0.15) is 5.75 Å². The number of likely N-dealkylation sites (N-methyl/N-ethyl adjacent to an activating group) is 1. The van der Waals surface area contributed by atoms with Crippen molar-refractivity contribution in [2.45, 2.75) is 18.7 Å². The quantitative estimate of drug-likeness (QED) is 0.766. The van der Waals surface area contributed by atoms with Crippen LogP contribution in [0.4, 0.5) is 5.69 Å². The molecular formula is C16H21N3O5S. The third kappa shape index (κ3) is 3.21. The lowest BCUT2D eigenvalue weighted by Gasteiger charge is -2.34. The van der Waals surface area contributed by atoms with E-state index in [0.29, 0.717) is 31.1 Å². The minimum absolute atomic E-state index is 0.0417. The number of rotatable bonds is 3. The van der Waals surface area contributed by atoms with Crippen LogP contribution in [-0.4, -0.2) is 68.8 Å². The molecule has 0 aliphatic carbocycles. The van der Waals surface area contributed by atoms with Gasteiger partial charge >= 0.3 is 0 Å². The van der Waals surface area contributed by atoms with Gasteiger partial charge in [-0.15, -0.1) is 0 Å². The first-order chi connectivity index (χ1) is 11.8. The van der Waals surface area contributed by atoms with Crippen molar-refractivity contribution in [3.63, 3.8) is 0 Å². The van der Waals surface area contributed by atoms with Gasteiger partial charge in [0.2, 0.25) is 15.9 Å². The first-order valence-electron chi connectivity index (χ1n) is 8.17. The lowest BCUT2D eigenvalue weighted by atomic mass is 10.2. The molecule has 1 aromatic rings. The van der Waals surface area contributed by atoms with E-state index < -0.39 is 10.0 Å². The van der Waals surface area contributed by atoms with E-state index in [1.54, 1.807) is 11.0 Å². The molecule has 2 heterocycles. The van der Waals surface area contributed by atoms with E-state index in [1.165, 1.54) is 28.3 Å². The molecule has 2 amide bonds.